The Hall–Kier alpha value is -2.45. The van der Waals surface area contributed by atoms with Gasteiger partial charge in [0.25, 0.3) is 5.91 Å². The number of carbonyl (C=O) groups excluding carboxylic acids is 1. The van der Waals surface area contributed by atoms with E-state index in [0.717, 1.165) is 33.7 Å². The lowest BCUT2D eigenvalue weighted by molar-refractivity contribution is -0.118. The smallest absolute Gasteiger partial charge is 0.250 e. The number of hydrazone groups is 1. The Morgan fingerprint density at radius 2 is 2.04 bits per heavy atom. The fourth-order valence-electron chi connectivity index (χ4n) is 2.44. The highest BCUT2D eigenvalue weighted by Gasteiger charge is 2.14. The second-order valence-electron chi connectivity index (χ2n) is 5.91. The first-order valence-corrected chi connectivity index (χ1v) is 10.4. The molecule has 1 aromatic carbocycles. The minimum Gasteiger partial charge on any atom is -0.302 e. The normalized spacial score (nSPS) is 11.6. The van der Waals surface area contributed by atoms with Gasteiger partial charge in [-0.2, -0.15) is 5.10 Å². The van der Waals surface area contributed by atoms with Gasteiger partial charge in [-0.3, -0.25) is 4.79 Å². The molecule has 1 N–H and O–H groups in total. The summed E-state index contributed by atoms with van der Waals surface area (Å²) in [5.41, 5.74) is 5.61. The van der Waals surface area contributed by atoms with Gasteiger partial charge in [0.1, 0.15) is 0 Å². The van der Waals surface area contributed by atoms with Crippen LogP contribution in [0.25, 0.3) is 11.4 Å². The number of benzene rings is 1. The van der Waals surface area contributed by atoms with Crippen molar-refractivity contribution < 1.29 is 4.79 Å². The van der Waals surface area contributed by atoms with E-state index in [2.05, 4.69) is 39.8 Å². The summed E-state index contributed by atoms with van der Waals surface area (Å²) in [6, 6.07) is 12.1. The van der Waals surface area contributed by atoms with Crippen LogP contribution in [0.4, 0.5) is 0 Å². The molecule has 2 heterocycles. The van der Waals surface area contributed by atoms with Gasteiger partial charge in [0.15, 0.2) is 11.0 Å². The van der Waals surface area contributed by atoms with E-state index in [1.807, 2.05) is 48.1 Å². The molecule has 0 bridgehead atoms. The van der Waals surface area contributed by atoms with E-state index in [4.69, 9.17) is 0 Å². The summed E-state index contributed by atoms with van der Waals surface area (Å²) in [7, 11) is 0. The molecule has 0 aliphatic carbocycles. The van der Waals surface area contributed by atoms with Crippen LogP contribution in [0.5, 0.6) is 0 Å². The predicted molar refractivity (Wildman–Crippen MR) is 111 cm³/mol. The second kappa shape index (κ2) is 8.96. The van der Waals surface area contributed by atoms with Crippen LogP contribution >= 0.6 is 23.1 Å². The number of aromatic nitrogens is 3. The van der Waals surface area contributed by atoms with Crippen LogP contribution in [0.1, 0.15) is 24.3 Å². The van der Waals surface area contributed by atoms with Crippen LogP contribution in [0.3, 0.4) is 0 Å². The second-order valence-corrected chi connectivity index (χ2v) is 7.80. The average Bonchev–Trinajstić information content (AvgIpc) is 3.34. The summed E-state index contributed by atoms with van der Waals surface area (Å²) in [6.07, 6.45) is 0. The van der Waals surface area contributed by atoms with Crippen LogP contribution in [0.2, 0.25) is 0 Å². The van der Waals surface area contributed by atoms with E-state index in [1.165, 1.54) is 17.3 Å². The first-order chi connectivity index (χ1) is 13.1. The van der Waals surface area contributed by atoms with Gasteiger partial charge in [0.05, 0.1) is 11.5 Å². The summed E-state index contributed by atoms with van der Waals surface area (Å²) < 4.78 is 2.02. The molecule has 0 aliphatic heterocycles. The van der Waals surface area contributed by atoms with Gasteiger partial charge in [-0.15, -0.1) is 21.5 Å². The molecule has 8 heteroatoms. The van der Waals surface area contributed by atoms with Crippen molar-refractivity contribution >= 4 is 34.7 Å². The SMILES string of the molecule is CCn1c(SCC(=O)NN=C(C)c2cccs2)nnc1-c1ccc(C)cc1. The van der Waals surface area contributed by atoms with Crippen LogP contribution in [0, 0.1) is 6.92 Å². The van der Waals surface area contributed by atoms with Crippen molar-refractivity contribution in [1.29, 1.82) is 0 Å². The lowest BCUT2D eigenvalue weighted by Gasteiger charge is -2.07. The van der Waals surface area contributed by atoms with Crippen molar-refractivity contribution in [3.8, 4) is 11.4 Å². The minimum atomic E-state index is -0.168. The largest absolute Gasteiger partial charge is 0.302 e. The van der Waals surface area contributed by atoms with Gasteiger partial charge in [-0.05, 0) is 32.2 Å². The molecule has 0 saturated carbocycles. The van der Waals surface area contributed by atoms with Gasteiger partial charge >= 0.3 is 0 Å². The zero-order valence-corrected chi connectivity index (χ0v) is 17.1. The standard InChI is InChI=1S/C19H21N5OS2/c1-4-24-18(15-9-7-13(2)8-10-15)22-23-19(24)27-12-17(25)21-20-14(3)16-6-5-11-26-16/h5-11H,4,12H2,1-3H3,(H,21,25). The number of rotatable bonds is 7. The highest BCUT2D eigenvalue weighted by Crippen LogP contribution is 2.24. The average molecular weight is 400 g/mol. The first kappa shape index (κ1) is 19.3. The number of thiophene rings is 1. The molecule has 3 rings (SSSR count). The number of amides is 1. The summed E-state index contributed by atoms with van der Waals surface area (Å²) in [5, 5.41) is 15.4. The maximum Gasteiger partial charge on any atom is 0.250 e. The van der Waals surface area contributed by atoms with Crippen molar-refractivity contribution in [3.63, 3.8) is 0 Å². The Bertz CT molecular complexity index is 930. The fourth-order valence-corrected chi connectivity index (χ4v) is 3.92. The van der Waals surface area contributed by atoms with Crippen LogP contribution in [0.15, 0.2) is 52.0 Å². The maximum absolute atomic E-state index is 12.1. The lowest BCUT2D eigenvalue weighted by atomic mass is 10.1. The highest BCUT2D eigenvalue weighted by atomic mass is 32.2. The molecule has 27 heavy (non-hydrogen) atoms. The molecule has 0 atom stereocenters. The maximum atomic E-state index is 12.1. The Labute approximate surface area is 166 Å². The predicted octanol–water partition coefficient (Wildman–Crippen LogP) is 3.97. The topological polar surface area (TPSA) is 72.2 Å². The molecule has 1 amide bonds. The zero-order valence-electron chi connectivity index (χ0n) is 15.5. The first-order valence-electron chi connectivity index (χ1n) is 8.58. The number of aryl methyl sites for hydroxylation is 1. The van der Waals surface area contributed by atoms with Crippen molar-refractivity contribution in [2.24, 2.45) is 5.10 Å². The van der Waals surface area contributed by atoms with E-state index in [1.54, 1.807) is 11.3 Å². The third-order valence-electron chi connectivity index (χ3n) is 3.90. The minimum absolute atomic E-state index is 0.168. The van der Waals surface area contributed by atoms with Crippen molar-refractivity contribution in [1.82, 2.24) is 20.2 Å². The fraction of sp³-hybridized carbons (Fsp3) is 0.263. The summed E-state index contributed by atoms with van der Waals surface area (Å²) in [4.78, 5) is 13.1. The number of hydrogen-bond acceptors (Lipinski definition) is 6. The molecule has 0 saturated heterocycles. The number of thioether (sulfide) groups is 1. The van der Waals surface area contributed by atoms with Crippen LogP contribution in [-0.4, -0.2) is 32.1 Å². The molecular formula is C19H21N5OS2. The summed E-state index contributed by atoms with van der Waals surface area (Å²) >= 11 is 2.95. The highest BCUT2D eigenvalue weighted by molar-refractivity contribution is 7.99. The Morgan fingerprint density at radius 3 is 2.70 bits per heavy atom. The molecule has 0 spiro atoms. The number of carbonyl (C=O) groups is 1. The quantitative estimate of drug-likeness (QED) is 0.371. The third kappa shape index (κ3) is 4.84. The van der Waals surface area contributed by atoms with E-state index in [0.29, 0.717) is 0 Å². The molecule has 0 fully saturated rings. The van der Waals surface area contributed by atoms with Gasteiger partial charge in [-0.25, -0.2) is 5.43 Å². The van der Waals surface area contributed by atoms with Gasteiger partial charge < -0.3 is 4.57 Å². The van der Waals surface area contributed by atoms with Crippen molar-refractivity contribution in [3.05, 3.63) is 52.2 Å². The lowest BCUT2D eigenvalue weighted by Crippen LogP contribution is -2.21. The monoisotopic (exact) mass is 399 g/mol. The van der Waals surface area contributed by atoms with Gasteiger partial charge in [0.2, 0.25) is 0 Å². The number of hydrogen-bond donors (Lipinski definition) is 1. The number of nitrogens with one attached hydrogen (secondary N) is 1. The van der Waals surface area contributed by atoms with Crippen LogP contribution < -0.4 is 5.43 Å². The van der Waals surface area contributed by atoms with Gasteiger partial charge in [0, 0.05) is 17.0 Å². The van der Waals surface area contributed by atoms with E-state index >= 15 is 0 Å². The van der Waals surface area contributed by atoms with Crippen LogP contribution in [-0.2, 0) is 11.3 Å². The van der Waals surface area contributed by atoms with E-state index in [9.17, 15) is 4.79 Å². The molecular weight excluding hydrogens is 378 g/mol. The Morgan fingerprint density at radius 1 is 1.26 bits per heavy atom. The Kier molecular flexibility index (Phi) is 6.41. The number of nitrogens with zero attached hydrogens (tertiary/aromatic N) is 4. The van der Waals surface area contributed by atoms with Gasteiger partial charge in [-0.1, -0.05) is 47.7 Å². The third-order valence-corrected chi connectivity index (χ3v) is 5.85. The molecule has 0 unspecified atom stereocenters. The summed E-state index contributed by atoms with van der Waals surface area (Å²) in [6.45, 7) is 6.70. The van der Waals surface area contributed by atoms with Crippen molar-refractivity contribution in [2.75, 3.05) is 5.75 Å². The molecule has 0 radical (unpaired) electrons. The van der Waals surface area contributed by atoms with E-state index in [-0.39, 0.29) is 11.7 Å². The molecule has 6 nitrogen and oxygen atoms in total. The summed E-state index contributed by atoms with van der Waals surface area (Å²) in [5.74, 6) is 0.873. The molecule has 0 aliphatic rings. The Balaban J connectivity index is 1.63. The molecule has 140 valence electrons. The van der Waals surface area contributed by atoms with E-state index < -0.39 is 0 Å². The molecule has 2 aromatic heterocycles. The molecule has 3 aromatic rings. The zero-order chi connectivity index (χ0) is 19.2. The van der Waals surface area contributed by atoms with Crippen molar-refractivity contribution in [2.45, 2.75) is 32.5 Å².